The van der Waals surface area contributed by atoms with Gasteiger partial charge < -0.3 is 5.73 Å². The molecular weight excluding hydrogens is 547 g/mol. The van der Waals surface area contributed by atoms with Crippen LogP contribution in [0.4, 0.5) is 10.5 Å². The molecule has 3 unspecified atom stereocenters. The van der Waals surface area contributed by atoms with Gasteiger partial charge >= 0.3 is 6.03 Å². The standard InChI is InChI=1S/C31H34Cl2N4O3/c1-31(2,3)19-28(38)35-37-26(21-12-14-23(32)15-13-21)16-22(20-8-5-4-6-9-20)17-27(29(37)39)36(30(34)40)25-11-7-10-24(33)18-25/h4-15,18,22,26-27H,16-17,19H2,1-3H3,(H2,34,40)(H,35,38). The number of halogens is 2. The molecule has 0 aliphatic carbocycles. The monoisotopic (exact) mass is 580 g/mol. The van der Waals surface area contributed by atoms with Gasteiger partial charge in [-0.05, 0) is 65.6 Å². The molecule has 4 rings (SSSR count). The van der Waals surface area contributed by atoms with E-state index in [9.17, 15) is 14.4 Å². The minimum absolute atomic E-state index is 0.151. The molecule has 1 aliphatic rings. The molecule has 0 aromatic heterocycles. The van der Waals surface area contributed by atoms with Crippen LogP contribution in [0.25, 0.3) is 0 Å². The zero-order valence-corrected chi connectivity index (χ0v) is 24.3. The molecule has 1 saturated heterocycles. The number of anilines is 1. The number of benzene rings is 3. The van der Waals surface area contributed by atoms with Crippen molar-refractivity contribution in [2.45, 2.75) is 58.0 Å². The quantitative estimate of drug-likeness (QED) is 0.333. The lowest BCUT2D eigenvalue weighted by Crippen LogP contribution is -2.57. The van der Waals surface area contributed by atoms with Crippen LogP contribution in [0.3, 0.4) is 0 Å². The number of nitrogens with two attached hydrogens (primary N) is 1. The third-order valence-corrected chi connectivity index (χ3v) is 7.43. The molecule has 9 heteroatoms. The predicted octanol–water partition coefficient (Wildman–Crippen LogP) is 6.86. The fourth-order valence-corrected chi connectivity index (χ4v) is 5.52. The Kier molecular flexibility index (Phi) is 9.06. The molecule has 0 radical (unpaired) electrons. The van der Waals surface area contributed by atoms with Gasteiger partial charge in [0.1, 0.15) is 6.04 Å². The molecule has 1 aliphatic heterocycles. The number of primary amides is 1. The molecule has 0 bridgehead atoms. The predicted molar refractivity (Wildman–Crippen MR) is 159 cm³/mol. The summed E-state index contributed by atoms with van der Waals surface area (Å²) in [7, 11) is 0. The van der Waals surface area contributed by atoms with E-state index in [1.54, 1.807) is 36.4 Å². The van der Waals surface area contributed by atoms with Crippen LogP contribution in [0, 0.1) is 5.41 Å². The molecule has 0 saturated carbocycles. The van der Waals surface area contributed by atoms with Gasteiger partial charge in [-0.25, -0.2) is 9.80 Å². The largest absolute Gasteiger partial charge is 0.351 e. The van der Waals surface area contributed by atoms with Crippen LogP contribution in [0.15, 0.2) is 78.9 Å². The number of hydrogen-bond donors (Lipinski definition) is 2. The average Bonchev–Trinajstić information content (AvgIpc) is 3.01. The van der Waals surface area contributed by atoms with E-state index in [4.69, 9.17) is 28.9 Å². The number of urea groups is 1. The Morgan fingerprint density at radius 2 is 1.60 bits per heavy atom. The van der Waals surface area contributed by atoms with Gasteiger partial charge in [0.15, 0.2) is 0 Å². The van der Waals surface area contributed by atoms with Crippen molar-refractivity contribution in [1.82, 2.24) is 10.4 Å². The van der Waals surface area contributed by atoms with E-state index in [0.29, 0.717) is 22.2 Å². The third-order valence-electron chi connectivity index (χ3n) is 6.95. The van der Waals surface area contributed by atoms with Crippen LogP contribution < -0.4 is 16.1 Å². The first-order valence-electron chi connectivity index (χ1n) is 13.2. The van der Waals surface area contributed by atoms with E-state index >= 15 is 0 Å². The Morgan fingerprint density at radius 3 is 2.20 bits per heavy atom. The molecule has 4 amide bonds. The van der Waals surface area contributed by atoms with Crippen LogP contribution in [0.1, 0.15) is 63.1 Å². The second-order valence-electron chi connectivity index (χ2n) is 11.3. The lowest BCUT2D eigenvalue weighted by atomic mass is 9.86. The minimum atomic E-state index is -1.01. The second-order valence-corrected chi connectivity index (χ2v) is 12.2. The molecule has 210 valence electrons. The van der Waals surface area contributed by atoms with Crippen LogP contribution in [0.5, 0.6) is 0 Å². The van der Waals surface area contributed by atoms with E-state index in [1.165, 1.54) is 9.91 Å². The first-order chi connectivity index (χ1) is 18.9. The van der Waals surface area contributed by atoms with Crippen molar-refractivity contribution in [1.29, 1.82) is 0 Å². The van der Waals surface area contributed by atoms with Crippen LogP contribution in [-0.2, 0) is 9.59 Å². The van der Waals surface area contributed by atoms with Gasteiger partial charge in [0.05, 0.1) is 6.04 Å². The summed E-state index contributed by atoms with van der Waals surface area (Å²) >= 11 is 12.4. The van der Waals surface area contributed by atoms with E-state index < -0.39 is 24.0 Å². The Morgan fingerprint density at radius 1 is 0.925 bits per heavy atom. The fourth-order valence-electron chi connectivity index (χ4n) is 5.21. The highest BCUT2D eigenvalue weighted by Gasteiger charge is 2.43. The minimum Gasteiger partial charge on any atom is -0.351 e. The summed E-state index contributed by atoms with van der Waals surface area (Å²) in [5.74, 6) is -0.897. The normalized spacial score (nSPS) is 19.6. The van der Waals surface area contributed by atoms with E-state index in [-0.39, 0.29) is 30.1 Å². The number of hydrogen-bond acceptors (Lipinski definition) is 3. The molecule has 3 aromatic rings. The van der Waals surface area contributed by atoms with Crippen molar-refractivity contribution in [3.8, 4) is 0 Å². The molecule has 3 N–H and O–H groups in total. The van der Waals surface area contributed by atoms with Crippen molar-refractivity contribution in [2.75, 3.05) is 4.90 Å². The zero-order valence-electron chi connectivity index (χ0n) is 22.8. The van der Waals surface area contributed by atoms with Crippen molar-refractivity contribution >= 4 is 46.7 Å². The van der Waals surface area contributed by atoms with Gasteiger partial charge in [-0.2, -0.15) is 0 Å². The van der Waals surface area contributed by atoms with Gasteiger partial charge in [-0.3, -0.25) is 19.9 Å². The van der Waals surface area contributed by atoms with Gasteiger partial charge in [0, 0.05) is 22.2 Å². The summed E-state index contributed by atoms with van der Waals surface area (Å²) in [6.45, 7) is 5.86. The number of nitrogens with one attached hydrogen (secondary N) is 1. The number of carbonyl (C=O) groups excluding carboxylic acids is 3. The van der Waals surface area contributed by atoms with Gasteiger partial charge in [0.25, 0.3) is 5.91 Å². The summed E-state index contributed by atoms with van der Waals surface area (Å²) in [4.78, 5) is 41.9. The second kappa shape index (κ2) is 12.3. The van der Waals surface area contributed by atoms with Crippen molar-refractivity contribution < 1.29 is 14.4 Å². The number of amides is 4. The molecule has 1 fully saturated rings. The maximum Gasteiger partial charge on any atom is 0.320 e. The highest BCUT2D eigenvalue weighted by molar-refractivity contribution is 6.31. The first kappa shape index (κ1) is 29.4. The maximum absolute atomic E-state index is 14.5. The Hall–Kier alpha value is -3.55. The molecule has 40 heavy (non-hydrogen) atoms. The topological polar surface area (TPSA) is 95.7 Å². The summed E-state index contributed by atoms with van der Waals surface area (Å²) in [6.07, 6.45) is 0.977. The summed E-state index contributed by atoms with van der Waals surface area (Å²) in [5, 5.41) is 2.34. The van der Waals surface area contributed by atoms with Gasteiger partial charge in [0.2, 0.25) is 5.91 Å². The van der Waals surface area contributed by atoms with E-state index in [1.807, 2.05) is 63.2 Å². The van der Waals surface area contributed by atoms with Crippen molar-refractivity contribution in [3.05, 3.63) is 100 Å². The maximum atomic E-state index is 14.5. The van der Waals surface area contributed by atoms with E-state index in [0.717, 1.165) is 11.1 Å². The van der Waals surface area contributed by atoms with E-state index in [2.05, 4.69) is 5.43 Å². The van der Waals surface area contributed by atoms with Crippen LogP contribution in [0.2, 0.25) is 10.0 Å². The first-order valence-corrected chi connectivity index (χ1v) is 14.0. The number of hydrazine groups is 1. The highest BCUT2D eigenvalue weighted by atomic mass is 35.5. The average molecular weight is 582 g/mol. The smallest absolute Gasteiger partial charge is 0.320 e. The summed E-state index contributed by atoms with van der Waals surface area (Å²) in [5.41, 5.74) is 10.7. The van der Waals surface area contributed by atoms with Crippen LogP contribution in [-0.4, -0.2) is 28.9 Å². The zero-order chi connectivity index (χ0) is 29.0. The number of carbonyl (C=O) groups is 3. The van der Waals surface area contributed by atoms with Gasteiger partial charge in [-0.1, -0.05) is 92.5 Å². The number of nitrogens with zero attached hydrogens (tertiary/aromatic N) is 2. The molecular formula is C31H34Cl2N4O3. The van der Waals surface area contributed by atoms with Crippen LogP contribution >= 0.6 is 23.2 Å². The molecule has 7 nitrogen and oxygen atoms in total. The lowest BCUT2D eigenvalue weighted by Gasteiger charge is -2.35. The molecule has 1 heterocycles. The fraction of sp³-hybridized carbons (Fsp3) is 0.323. The van der Waals surface area contributed by atoms with Crippen molar-refractivity contribution in [2.24, 2.45) is 11.1 Å². The number of rotatable bonds is 6. The van der Waals surface area contributed by atoms with Crippen molar-refractivity contribution in [3.63, 3.8) is 0 Å². The SMILES string of the molecule is CC(C)(C)CC(=O)NN1C(=O)C(N(C(N)=O)c2cccc(Cl)c2)CC(c2ccccc2)CC1c1ccc(Cl)cc1. The highest BCUT2D eigenvalue weighted by Crippen LogP contribution is 2.41. The lowest BCUT2D eigenvalue weighted by molar-refractivity contribution is -0.145. The molecule has 3 atom stereocenters. The Balaban J connectivity index is 1.86. The van der Waals surface area contributed by atoms with Gasteiger partial charge in [-0.15, -0.1) is 0 Å². The molecule has 0 spiro atoms. The summed E-state index contributed by atoms with van der Waals surface area (Å²) in [6, 6.07) is 21.4. The summed E-state index contributed by atoms with van der Waals surface area (Å²) < 4.78 is 0. The Bertz CT molecular complexity index is 1360. The third kappa shape index (κ3) is 7.14. The Labute approximate surface area is 245 Å². The molecule has 3 aromatic carbocycles.